The van der Waals surface area contributed by atoms with Gasteiger partial charge in [0.25, 0.3) is 0 Å². The van der Waals surface area contributed by atoms with Gasteiger partial charge in [-0.3, -0.25) is 0 Å². The third-order valence-corrected chi connectivity index (χ3v) is 17.4. The van der Waals surface area contributed by atoms with Gasteiger partial charge in [-0.1, -0.05) is 70.6 Å². The maximum Gasteiger partial charge on any atom is 0.0718 e. The maximum absolute atomic E-state index is 2.18. The van der Waals surface area contributed by atoms with E-state index in [0.29, 0.717) is 0 Å². The zero-order valence-corrected chi connectivity index (χ0v) is 20.4. The maximum atomic E-state index is 2.18. The number of thioether (sulfide) groups is 10. The highest BCUT2D eigenvalue weighted by Gasteiger charge is 2.35. The minimum absolute atomic E-state index is 1.29. The van der Waals surface area contributed by atoms with Crippen molar-refractivity contribution < 1.29 is 0 Å². The van der Waals surface area contributed by atoms with Gasteiger partial charge in [0.15, 0.2) is 0 Å². The fourth-order valence-electron chi connectivity index (χ4n) is 1.91. The SMILES string of the molecule is CSC1=C(SC)SC(=C2SC3=C(SC(=C4SCCCS4)S3)S2)S1. The van der Waals surface area contributed by atoms with E-state index in [9.17, 15) is 0 Å². The van der Waals surface area contributed by atoms with E-state index in [1.54, 1.807) is 4.24 Å². The van der Waals surface area contributed by atoms with Crippen LogP contribution in [-0.4, -0.2) is 24.0 Å². The molecule has 124 valence electrons. The molecule has 0 bridgehead atoms. The number of hydrogen-bond donors (Lipinski definition) is 0. The van der Waals surface area contributed by atoms with E-state index in [4.69, 9.17) is 0 Å². The van der Waals surface area contributed by atoms with Crippen LogP contribution in [0.15, 0.2) is 33.9 Å². The van der Waals surface area contributed by atoms with E-state index in [1.807, 2.05) is 94.1 Å². The molecule has 0 aromatic rings. The Bertz CT molecular complexity index is 608. The van der Waals surface area contributed by atoms with Crippen LogP contribution in [0.25, 0.3) is 0 Å². The van der Waals surface area contributed by atoms with Crippen LogP contribution in [0.5, 0.6) is 0 Å². The second-order valence-corrected chi connectivity index (χ2v) is 16.4. The first-order valence-electron chi connectivity index (χ1n) is 6.66. The lowest BCUT2D eigenvalue weighted by Gasteiger charge is -2.15. The molecule has 1 saturated heterocycles. The molecule has 4 rings (SSSR count). The number of rotatable bonds is 2. The Morgan fingerprint density at radius 1 is 0.565 bits per heavy atom. The molecule has 0 spiro atoms. The molecule has 4 aliphatic rings. The van der Waals surface area contributed by atoms with Crippen molar-refractivity contribution in [2.45, 2.75) is 6.42 Å². The van der Waals surface area contributed by atoms with Gasteiger partial charge in [0.2, 0.25) is 0 Å². The van der Waals surface area contributed by atoms with Crippen LogP contribution in [-0.2, 0) is 0 Å². The van der Waals surface area contributed by atoms with Crippen molar-refractivity contribution in [3.05, 3.63) is 33.9 Å². The molecule has 4 aliphatic heterocycles. The monoisotopic (exact) mass is 488 g/mol. The first-order valence-corrected chi connectivity index (χ1v) is 16.0. The standard InChI is InChI=1S/C13H12S10/c1-14-6-7(15-2)19-10(18-6)11-22-12-13(23-11)21-9(20-12)8-16-4-3-5-17-8/h3-5H2,1-2H3. The fraction of sp³-hybridized carbons (Fsp3) is 0.385. The number of hydrogen-bond acceptors (Lipinski definition) is 10. The zero-order chi connectivity index (χ0) is 15.8. The molecule has 0 nitrogen and oxygen atoms in total. The van der Waals surface area contributed by atoms with Crippen molar-refractivity contribution in [1.82, 2.24) is 0 Å². The molecule has 0 aromatic carbocycles. The summed E-state index contributed by atoms with van der Waals surface area (Å²) < 4.78 is 12.0. The molecule has 1 fully saturated rings. The third-order valence-electron chi connectivity index (χ3n) is 2.90. The summed E-state index contributed by atoms with van der Waals surface area (Å²) >= 11 is 19.8. The van der Waals surface area contributed by atoms with E-state index in [0.717, 1.165) is 0 Å². The summed E-state index contributed by atoms with van der Waals surface area (Å²) in [6, 6.07) is 0. The topological polar surface area (TPSA) is 0 Å². The van der Waals surface area contributed by atoms with Crippen molar-refractivity contribution in [3.8, 4) is 0 Å². The minimum atomic E-state index is 1.29. The van der Waals surface area contributed by atoms with Crippen molar-refractivity contribution in [3.63, 3.8) is 0 Å². The normalized spacial score (nSPS) is 25.3. The molecular formula is C13H12S10. The van der Waals surface area contributed by atoms with E-state index < -0.39 is 0 Å². The Balaban J connectivity index is 1.45. The first kappa shape index (κ1) is 18.8. The van der Waals surface area contributed by atoms with Crippen LogP contribution >= 0.6 is 118 Å². The van der Waals surface area contributed by atoms with Crippen molar-refractivity contribution in [1.29, 1.82) is 0 Å². The lowest BCUT2D eigenvalue weighted by atomic mass is 10.6. The van der Waals surface area contributed by atoms with Crippen molar-refractivity contribution in [2.24, 2.45) is 0 Å². The molecule has 10 heteroatoms. The van der Waals surface area contributed by atoms with Crippen LogP contribution in [0, 0.1) is 0 Å². The molecule has 0 unspecified atom stereocenters. The second kappa shape index (κ2) is 8.65. The van der Waals surface area contributed by atoms with Gasteiger partial charge in [0, 0.05) is 0 Å². The third kappa shape index (κ3) is 4.16. The van der Waals surface area contributed by atoms with E-state index in [-0.39, 0.29) is 0 Å². The Hall–Kier alpha value is 2.46. The zero-order valence-electron chi connectivity index (χ0n) is 12.2. The minimum Gasteiger partial charge on any atom is -0.121 e. The van der Waals surface area contributed by atoms with Gasteiger partial charge in [0.1, 0.15) is 0 Å². The quantitative estimate of drug-likeness (QED) is 0.369. The Labute approximate surface area is 180 Å². The lowest BCUT2D eigenvalue weighted by Crippen LogP contribution is -1.92. The summed E-state index contributed by atoms with van der Waals surface area (Å²) in [5, 5.41) is 0. The van der Waals surface area contributed by atoms with Crippen molar-refractivity contribution >= 4 is 118 Å². The summed E-state index contributed by atoms with van der Waals surface area (Å²) in [6.07, 6.45) is 5.72. The van der Waals surface area contributed by atoms with Gasteiger partial charge in [-0.05, 0) is 30.4 Å². The van der Waals surface area contributed by atoms with Crippen LogP contribution in [0.3, 0.4) is 0 Å². The van der Waals surface area contributed by atoms with E-state index >= 15 is 0 Å². The predicted octanol–water partition coefficient (Wildman–Crippen LogP) is 8.53. The molecule has 0 amide bonds. The van der Waals surface area contributed by atoms with Crippen LogP contribution in [0.4, 0.5) is 0 Å². The summed E-state index contributed by atoms with van der Waals surface area (Å²) in [5.41, 5.74) is 0. The second-order valence-electron chi connectivity index (χ2n) is 4.37. The smallest absolute Gasteiger partial charge is 0.0718 e. The predicted molar refractivity (Wildman–Crippen MR) is 130 cm³/mol. The largest absolute Gasteiger partial charge is 0.121 e. The molecule has 0 aliphatic carbocycles. The molecule has 23 heavy (non-hydrogen) atoms. The van der Waals surface area contributed by atoms with Crippen LogP contribution in [0.2, 0.25) is 0 Å². The Morgan fingerprint density at radius 2 is 0.957 bits per heavy atom. The summed E-state index contributed by atoms with van der Waals surface area (Å²) in [5.74, 6) is 2.59. The first-order chi connectivity index (χ1) is 11.3. The highest BCUT2D eigenvalue weighted by molar-refractivity contribution is 8.50. The average Bonchev–Trinajstić information content (AvgIpc) is 3.27. The van der Waals surface area contributed by atoms with Gasteiger partial charge in [-0.15, -0.1) is 47.0 Å². The molecule has 0 radical (unpaired) electrons. The van der Waals surface area contributed by atoms with Crippen LogP contribution < -0.4 is 0 Å². The lowest BCUT2D eigenvalue weighted by molar-refractivity contribution is 1.12. The Morgan fingerprint density at radius 3 is 1.39 bits per heavy atom. The van der Waals surface area contributed by atoms with Crippen LogP contribution in [0.1, 0.15) is 6.42 Å². The summed E-state index contributed by atoms with van der Waals surface area (Å²) in [4.78, 5) is 0. The van der Waals surface area contributed by atoms with Crippen molar-refractivity contribution in [2.75, 3.05) is 24.0 Å². The Kier molecular flexibility index (Phi) is 7.07. The fourth-order valence-corrected chi connectivity index (χ4v) is 16.6. The summed E-state index contributed by atoms with van der Waals surface area (Å²) in [7, 11) is 0. The molecule has 0 atom stereocenters. The van der Waals surface area contributed by atoms with Gasteiger partial charge < -0.3 is 0 Å². The molecule has 0 aromatic heterocycles. The molecular weight excluding hydrogens is 477 g/mol. The van der Waals surface area contributed by atoms with E-state index in [2.05, 4.69) is 36.0 Å². The molecule has 0 N–H and O–H groups in total. The van der Waals surface area contributed by atoms with Gasteiger partial charge in [-0.2, -0.15) is 0 Å². The van der Waals surface area contributed by atoms with Gasteiger partial charge in [0.05, 0.1) is 33.9 Å². The molecule has 0 saturated carbocycles. The highest BCUT2D eigenvalue weighted by atomic mass is 32.3. The summed E-state index contributed by atoms with van der Waals surface area (Å²) in [6.45, 7) is 0. The highest BCUT2D eigenvalue weighted by Crippen LogP contribution is 2.71. The van der Waals surface area contributed by atoms with E-state index in [1.165, 1.54) is 47.6 Å². The van der Waals surface area contributed by atoms with Gasteiger partial charge in [-0.25, -0.2) is 0 Å². The molecule has 4 heterocycles. The van der Waals surface area contributed by atoms with Gasteiger partial charge >= 0.3 is 0 Å². The average molecular weight is 489 g/mol.